The second kappa shape index (κ2) is 11.8. The van der Waals surface area contributed by atoms with E-state index in [1.54, 1.807) is 5.48 Å². The van der Waals surface area contributed by atoms with Crippen LogP contribution in [0.3, 0.4) is 0 Å². The summed E-state index contributed by atoms with van der Waals surface area (Å²) in [5.74, 6) is 0.0703. The van der Waals surface area contributed by atoms with Crippen LogP contribution in [0, 0.1) is 0 Å². The van der Waals surface area contributed by atoms with Gasteiger partial charge in [0.25, 0.3) is 11.8 Å². The van der Waals surface area contributed by atoms with E-state index in [-0.39, 0.29) is 17.9 Å². The molecule has 3 aromatic heterocycles. The molecule has 0 radical (unpaired) electrons. The molecule has 1 aliphatic heterocycles. The molecule has 5 rings (SSSR count). The molecule has 1 fully saturated rings. The molecule has 2 amide bonds. The summed E-state index contributed by atoms with van der Waals surface area (Å²) >= 11 is 2.83. The number of thiazole rings is 1. The summed E-state index contributed by atoms with van der Waals surface area (Å²) in [6.07, 6.45) is 3.43. The van der Waals surface area contributed by atoms with Crippen molar-refractivity contribution in [3.63, 3.8) is 0 Å². The van der Waals surface area contributed by atoms with Crippen LogP contribution in [0.15, 0.2) is 57.7 Å². The Morgan fingerprint density at radius 1 is 1.14 bits per heavy atom. The monoisotopic (exact) mass is 537 g/mol. The quantitative estimate of drug-likeness (QED) is 0.161. The highest BCUT2D eigenvalue weighted by atomic mass is 32.1. The molecule has 11 heteroatoms. The van der Waals surface area contributed by atoms with Crippen LogP contribution in [0.5, 0.6) is 0 Å². The topological polar surface area (TPSA) is 121 Å². The van der Waals surface area contributed by atoms with E-state index in [0.717, 1.165) is 47.6 Å². The van der Waals surface area contributed by atoms with Crippen LogP contribution in [0.25, 0.3) is 33.3 Å². The Morgan fingerprint density at radius 2 is 2.00 bits per heavy atom. The van der Waals surface area contributed by atoms with Gasteiger partial charge in [-0.1, -0.05) is 41.9 Å². The van der Waals surface area contributed by atoms with Crippen molar-refractivity contribution < 1.29 is 19.3 Å². The maximum absolute atomic E-state index is 12.9. The predicted molar refractivity (Wildman–Crippen MR) is 142 cm³/mol. The van der Waals surface area contributed by atoms with Crippen molar-refractivity contribution in [1.29, 1.82) is 0 Å². The number of hydrogen-bond donors (Lipinski definition) is 3. The number of carbonyl (C=O) groups excluding carboxylic acids is 2. The molecule has 0 unspecified atom stereocenters. The lowest BCUT2D eigenvalue weighted by Crippen LogP contribution is -2.49. The van der Waals surface area contributed by atoms with Gasteiger partial charge in [-0.05, 0) is 37.3 Å². The number of piperidine rings is 1. The first-order chi connectivity index (χ1) is 18.1. The summed E-state index contributed by atoms with van der Waals surface area (Å²) in [6.45, 7) is 1.97. The minimum absolute atomic E-state index is 0.143. The zero-order valence-electron chi connectivity index (χ0n) is 20.1. The Bertz CT molecular complexity index is 1350. The van der Waals surface area contributed by atoms with Crippen LogP contribution in [-0.4, -0.2) is 57.7 Å². The molecule has 9 nitrogen and oxygen atoms in total. The van der Waals surface area contributed by atoms with E-state index < -0.39 is 0 Å². The van der Waals surface area contributed by atoms with Crippen molar-refractivity contribution in [1.82, 2.24) is 25.8 Å². The van der Waals surface area contributed by atoms with Crippen LogP contribution in [0.2, 0.25) is 0 Å². The number of benzene rings is 1. The van der Waals surface area contributed by atoms with E-state index in [4.69, 9.17) is 14.7 Å². The molecular weight excluding hydrogens is 510 g/mol. The highest BCUT2D eigenvalue weighted by molar-refractivity contribution is 7.15. The van der Waals surface area contributed by atoms with Crippen LogP contribution in [-0.2, 0) is 4.79 Å². The maximum Gasteiger partial charge on any atom is 0.262 e. The smallest absolute Gasteiger partial charge is 0.262 e. The third-order valence-electron chi connectivity index (χ3n) is 6.37. The maximum atomic E-state index is 12.9. The molecule has 4 aromatic rings. The van der Waals surface area contributed by atoms with Crippen molar-refractivity contribution in [3.05, 3.63) is 58.1 Å². The fourth-order valence-electron chi connectivity index (χ4n) is 4.50. The molecule has 0 saturated carbocycles. The Balaban J connectivity index is 1.19. The van der Waals surface area contributed by atoms with E-state index in [9.17, 15) is 9.59 Å². The zero-order valence-corrected chi connectivity index (χ0v) is 21.7. The van der Waals surface area contributed by atoms with Gasteiger partial charge in [-0.3, -0.25) is 19.7 Å². The predicted octanol–water partition coefficient (Wildman–Crippen LogP) is 4.67. The molecule has 3 N–H and O–H groups in total. The van der Waals surface area contributed by atoms with Gasteiger partial charge in [0.05, 0.1) is 6.04 Å². The van der Waals surface area contributed by atoms with Gasteiger partial charge >= 0.3 is 0 Å². The number of aromatic nitrogens is 2. The Labute approximate surface area is 222 Å². The second-order valence-electron chi connectivity index (χ2n) is 8.78. The number of hydroxylamine groups is 1. The van der Waals surface area contributed by atoms with Gasteiger partial charge in [0.2, 0.25) is 0 Å². The highest BCUT2D eigenvalue weighted by Gasteiger charge is 2.28. The van der Waals surface area contributed by atoms with Gasteiger partial charge < -0.3 is 9.84 Å². The summed E-state index contributed by atoms with van der Waals surface area (Å²) in [7, 11) is 0. The summed E-state index contributed by atoms with van der Waals surface area (Å²) in [4.78, 5) is 32.3. The Hall–Kier alpha value is -3.38. The van der Waals surface area contributed by atoms with Gasteiger partial charge in [-0.2, -0.15) is 0 Å². The molecule has 1 aromatic carbocycles. The van der Waals surface area contributed by atoms with Gasteiger partial charge in [0.1, 0.15) is 21.3 Å². The lowest BCUT2D eigenvalue weighted by Gasteiger charge is -2.33. The molecule has 4 heterocycles. The Morgan fingerprint density at radius 3 is 2.84 bits per heavy atom. The van der Waals surface area contributed by atoms with E-state index in [1.165, 1.54) is 22.7 Å². The molecule has 1 aliphatic rings. The van der Waals surface area contributed by atoms with Crippen molar-refractivity contribution in [2.45, 2.75) is 31.7 Å². The summed E-state index contributed by atoms with van der Waals surface area (Å²) in [5, 5.41) is 20.7. The van der Waals surface area contributed by atoms with Crippen molar-refractivity contribution in [2.24, 2.45) is 0 Å². The fourth-order valence-corrected chi connectivity index (χ4v) is 6.22. The number of thiophene rings is 1. The first-order valence-corrected chi connectivity index (χ1v) is 13.9. The molecule has 1 atom stereocenters. The third kappa shape index (κ3) is 5.80. The van der Waals surface area contributed by atoms with Crippen molar-refractivity contribution >= 4 is 34.5 Å². The van der Waals surface area contributed by atoms with Gasteiger partial charge in [-0.15, -0.1) is 22.7 Å². The number of rotatable bonds is 9. The molecule has 0 spiro atoms. The lowest BCUT2D eigenvalue weighted by atomic mass is 10.0. The number of nitrogens with one attached hydrogen (secondary N) is 2. The van der Waals surface area contributed by atoms with Crippen LogP contribution in [0.4, 0.5) is 0 Å². The number of likely N-dealkylation sites (tertiary alicyclic amines) is 1. The number of nitrogens with zero attached hydrogens (tertiary/aromatic N) is 3. The molecule has 1 saturated heterocycles. The second-order valence-corrected chi connectivity index (χ2v) is 10.6. The van der Waals surface area contributed by atoms with Crippen molar-refractivity contribution in [3.8, 4) is 33.3 Å². The molecule has 0 bridgehead atoms. The van der Waals surface area contributed by atoms with Gasteiger partial charge in [-0.25, -0.2) is 10.5 Å². The summed E-state index contributed by atoms with van der Waals surface area (Å²) in [5.41, 5.74) is 4.95. The molecule has 0 aliphatic carbocycles. The van der Waals surface area contributed by atoms with E-state index in [1.807, 2.05) is 53.2 Å². The van der Waals surface area contributed by atoms with E-state index in [2.05, 4.69) is 15.4 Å². The average molecular weight is 538 g/mol. The van der Waals surface area contributed by atoms with Crippen molar-refractivity contribution in [2.75, 3.05) is 19.6 Å². The summed E-state index contributed by atoms with van der Waals surface area (Å²) < 4.78 is 5.53. The summed E-state index contributed by atoms with van der Waals surface area (Å²) in [6, 6.07) is 13.3. The number of carbonyl (C=O) groups is 2. The average Bonchev–Trinajstić information content (AvgIpc) is 3.71. The first kappa shape index (κ1) is 25.3. The molecular formula is C26H27N5O4S2. The minimum atomic E-state index is -0.364. The normalized spacial score (nSPS) is 16.0. The highest BCUT2D eigenvalue weighted by Crippen LogP contribution is 2.34. The van der Waals surface area contributed by atoms with Crippen LogP contribution in [0.1, 0.15) is 35.4 Å². The van der Waals surface area contributed by atoms with Gasteiger partial charge in [0, 0.05) is 35.7 Å². The number of hydrogen-bond acceptors (Lipinski definition) is 9. The SMILES string of the molecule is O=C(NCCCN1CCCC[C@H]1C(=O)NO)c1sccc1-c1nc(-c2cc(-c3ccccc3)no2)cs1. The van der Waals surface area contributed by atoms with E-state index >= 15 is 0 Å². The lowest BCUT2D eigenvalue weighted by molar-refractivity contribution is -0.136. The molecule has 37 heavy (non-hydrogen) atoms. The fraction of sp³-hybridized carbons (Fsp3) is 0.308. The number of amides is 2. The third-order valence-corrected chi connectivity index (χ3v) is 8.16. The minimum Gasteiger partial charge on any atom is -0.354 e. The standard InChI is InChI=1S/C26H27N5O4S2/c32-24(29-34)21-9-4-5-12-31(21)13-6-11-27-25(33)23-18(10-14-36-23)26-28-20(16-37-26)22-15-19(30-35-22)17-7-2-1-3-8-17/h1-3,7-8,10,14-16,21,34H,4-6,9,11-13H2,(H,27,33)(H,29,32)/t21-/m0/s1. The van der Waals surface area contributed by atoms with Crippen LogP contribution >= 0.6 is 22.7 Å². The van der Waals surface area contributed by atoms with Gasteiger partial charge in [0.15, 0.2) is 5.76 Å². The van der Waals surface area contributed by atoms with Crippen LogP contribution < -0.4 is 10.8 Å². The molecule has 192 valence electrons. The first-order valence-electron chi connectivity index (χ1n) is 12.2. The van der Waals surface area contributed by atoms with E-state index in [0.29, 0.717) is 35.8 Å². The largest absolute Gasteiger partial charge is 0.354 e. The zero-order chi connectivity index (χ0) is 25.6. The Kier molecular flexibility index (Phi) is 8.05.